The Kier molecular flexibility index (Phi) is 11.3. The van der Waals surface area contributed by atoms with Gasteiger partial charge in [-0.3, -0.25) is 0 Å². The van der Waals surface area contributed by atoms with E-state index >= 15 is 0 Å². The second-order valence-electron chi connectivity index (χ2n) is 4.55. The molecule has 0 aliphatic heterocycles. The van der Waals surface area contributed by atoms with E-state index in [0.717, 1.165) is 6.04 Å². The first-order valence-corrected chi connectivity index (χ1v) is 7.71. The van der Waals surface area contributed by atoms with Gasteiger partial charge in [0.05, 0.1) is 0 Å². The maximum absolute atomic E-state index is 3.77. The highest BCUT2D eigenvalue weighted by Crippen LogP contribution is 2.25. The molecule has 0 spiro atoms. The molecule has 0 amide bonds. The standard InChI is InChI=1S/C14H21N.C2H6.C2H4/c1-2-7-14(15-13-10-6-11-13)12-8-4-3-5-9-12;2*1-2/h3-5,8-9,13-15H,2,6-7,10-11H2,1H3;1-2H3;1-2H2. The summed E-state index contributed by atoms with van der Waals surface area (Å²) in [4.78, 5) is 0. The summed E-state index contributed by atoms with van der Waals surface area (Å²) in [5, 5.41) is 3.77. The maximum atomic E-state index is 3.77. The second-order valence-corrected chi connectivity index (χ2v) is 4.55. The number of benzene rings is 1. The number of rotatable bonds is 5. The van der Waals surface area contributed by atoms with Crippen molar-refractivity contribution in [3.8, 4) is 0 Å². The van der Waals surface area contributed by atoms with Crippen molar-refractivity contribution in [3.63, 3.8) is 0 Å². The van der Waals surface area contributed by atoms with Gasteiger partial charge in [0.2, 0.25) is 0 Å². The van der Waals surface area contributed by atoms with Gasteiger partial charge in [-0.05, 0) is 24.8 Å². The van der Waals surface area contributed by atoms with Crippen LogP contribution in [0.25, 0.3) is 0 Å². The number of nitrogens with one attached hydrogen (secondary N) is 1. The van der Waals surface area contributed by atoms with Gasteiger partial charge in [-0.15, -0.1) is 13.2 Å². The molecule has 0 radical (unpaired) electrons. The number of hydrogen-bond acceptors (Lipinski definition) is 1. The predicted octanol–water partition coefficient (Wildman–Crippen LogP) is 5.50. The molecule has 1 aromatic rings. The summed E-state index contributed by atoms with van der Waals surface area (Å²) >= 11 is 0. The van der Waals surface area contributed by atoms with Crippen LogP contribution in [0.5, 0.6) is 0 Å². The van der Waals surface area contributed by atoms with Gasteiger partial charge < -0.3 is 5.32 Å². The van der Waals surface area contributed by atoms with Crippen LogP contribution in [-0.2, 0) is 0 Å². The molecular weight excluding hydrogens is 230 g/mol. The van der Waals surface area contributed by atoms with E-state index < -0.39 is 0 Å². The van der Waals surface area contributed by atoms with Crippen molar-refractivity contribution in [2.75, 3.05) is 0 Å². The van der Waals surface area contributed by atoms with Crippen LogP contribution >= 0.6 is 0 Å². The maximum Gasteiger partial charge on any atom is 0.0322 e. The second kappa shape index (κ2) is 12.0. The molecule has 19 heavy (non-hydrogen) atoms. The van der Waals surface area contributed by atoms with Crippen molar-refractivity contribution in [3.05, 3.63) is 49.1 Å². The molecule has 1 unspecified atom stereocenters. The molecular formula is C18H31N. The molecule has 0 saturated heterocycles. The quantitative estimate of drug-likeness (QED) is 0.690. The van der Waals surface area contributed by atoms with Crippen molar-refractivity contribution >= 4 is 0 Å². The van der Waals surface area contributed by atoms with Crippen molar-refractivity contribution < 1.29 is 0 Å². The van der Waals surface area contributed by atoms with E-state index in [9.17, 15) is 0 Å². The number of hydrogen-bond donors (Lipinski definition) is 1. The fourth-order valence-electron chi connectivity index (χ4n) is 2.18. The molecule has 1 aromatic carbocycles. The Bertz CT molecular complexity index is 290. The minimum Gasteiger partial charge on any atom is -0.307 e. The summed E-state index contributed by atoms with van der Waals surface area (Å²) in [7, 11) is 0. The first-order valence-electron chi connectivity index (χ1n) is 7.71. The summed E-state index contributed by atoms with van der Waals surface area (Å²) in [6, 6.07) is 12.2. The highest BCUT2D eigenvalue weighted by Gasteiger charge is 2.21. The van der Waals surface area contributed by atoms with Gasteiger partial charge in [-0.1, -0.05) is 63.9 Å². The Labute approximate surface area is 120 Å². The average molecular weight is 261 g/mol. The van der Waals surface area contributed by atoms with E-state index in [0.29, 0.717) is 6.04 Å². The molecule has 0 aromatic heterocycles. The van der Waals surface area contributed by atoms with Gasteiger partial charge in [-0.25, -0.2) is 0 Å². The van der Waals surface area contributed by atoms with E-state index in [4.69, 9.17) is 0 Å². The zero-order valence-corrected chi connectivity index (χ0v) is 13.0. The third-order valence-electron chi connectivity index (χ3n) is 3.32. The predicted molar refractivity (Wildman–Crippen MR) is 87.5 cm³/mol. The molecule has 1 aliphatic carbocycles. The Balaban J connectivity index is 0.000000741. The fraction of sp³-hybridized carbons (Fsp3) is 0.556. The summed E-state index contributed by atoms with van der Waals surface area (Å²) in [6.07, 6.45) is 6.64. The molecule has 1 aliphatic rings. The van der Waals surface area contributed by atoms with E-state index in [2.05, 4.69) is 55.7 Å². The minimum atomic E-state index is 0.571. The third-order valence-corrected chi connectivity index (χ3v) is 3.32. The van der Waals surface area contributed by atoms with Crippen molar-refractivity contribution in [1.82, 2.24) is 5.32 Å². The first kappa shape index (κ1) is 17.9. The van der Waals surface area contributed by atoms with Gasteiger partial charge in [0.1, 0.15) is 0 Å². The molecule has 1 fully saturated rings. The van der Waals surface area contributed by atoms with Crippen LogP contribution in [0.2, 0.25) is 0 Å². The molecule has 2 rings (SSSR count). The summed E-state index contributed by atoms with van der Waals surface area (Å²) in [5.74, 6) is 0. The molecule has 1 atom stereocenters. The molecule has 108 valence electrons. The highest BCUT2D eigenvalue weighted by molar-refractivity contribution is 5.19. The van der Waals surface area contributed by atoms with E-state index in [1.54, 1.807) is 0 Å². The van der Waals surface area contributed by atoms with Crippen LogP contribution in [0.15, 0.2) is 43.5 Å². The third kappa shape index (κ3) is 6.58. The smallest absolute Gasteiger partial charge is 0.0322 e. The molecule has 0 bridgehead atoms. The largest absolute Gasteiger partial charge is 0.307 e. The van der Waals surface area contributed by atoms with Gasteiger partial charge >= 0.3 is 0 Å². The van der Waals surface area contributed by atoms with Crippen molar-refractivity contribution in [1.29, 1.82) is 0 Å². The van der Waals surface area contributed by atoms with Crippen LogP contribution < -0.4 is 5.32 Å². The summed E-state index contributed by atoms with van der Waals surface area (Å²) < 4.78 is 0. The lowest BCUT2D eigenvalue weighted by molar-refractivity contribution is 0.297. The van der Waals surface area contributed by atoms with Crippen LogP contribution in [0.1, 0.15) is 64.5 Å². The van der Waals surface area contributed by atoms with Gasteiger partial charge in [0.15, 0.2) is 0 Å². The van der Waals surface area contributed by atoms with E-state index in [1.807, 2.05) is 13.8 Å². The first-order chi connectivity index (χ1) is 9.40. The Morgan fingerprint density at radius 3 is 2.16 bits per heavy atom. The minimum absolute atomic E-state index is 0.571. The van der Waals surface area contributed by atoms with Gasteiger partial charge in [0, 0.05) is 12.1 Å². The molecule has 1 saturated carbocycles. The van der Waals surface area contributed by atoms with Gasteiger partial charge in [-0.2, -0.15) is 0 Å². The topological polar surface area (TPSA) is 12.0 Å². The highest BCUT2D eigenvalue weighted by atomic mass is 15.0. The Morgan fingerprint density at radius 2 is 1.74 bits per heavy atom. The van der Waals surface area contributed by atoms with Crippen LogP contribution in [-0.4, -0.2) is 6.04 Å². The lowest BCUT2D eigenvalue weighted by atomic mass is 9.90. The van der Waals surface area contributed by atoms with Crippen LogP contribution in [0.4, 0.5) is 0 Å². The zero-order chi connectivity index (χ0) is 14.5. The monoisotopic (exact) mass is 261 g/mol. The summed E-state index contributed by atoms with van der Waals surface area (Å²) in [5.41, 5.74) is 1.45. The Morgan fingerprint density at radius 1 is 1.16 bits per heavy atom. The molecule has 1 N–H and O–H groups in total. The molecule has 1 heteroatoms. The SMILES string of the molecule is C=C.CC.CCCC(NC1CCC1)c1ccccc1. The molecule has 0 heterocycles. The van der Waals surface area contributed by atoms with Gasteiger partial charge in [0.25, 0.3) is 0 Å². The van der Waals surface area contributed by atoms with E-state index in [-0.39, 0.29) is 0 Å². The lowest BCUT2D eigenvalue weighted by Crippen LogP contribution is -2.37. The molecule has 1 nitrogen and oxygen atoms in total. The lowest BCUT2D eigenvalue weighted by Gasteiger charge is -2.31. The van der Waals surface area contributed by atoms with Crippen molar-refractivity contribution in [2.24, 2.45) is 0 Å². The fourth-order valence-corrected chi connectivity index (χ4v) is 2.18. The Hall–Kier alpha value is -1.08. The van der Waals surface area contributed by atoms with Crippen LogP contribution in [0.3, 0.4) is 0 Å². The zero-order valence-electron chi connectivity index (χ0n) is 13.0. The van der Waals surface area contributed by atoms with E-state index in [1.165, 1.54) is 37.7 Å². The van der Waals surface area contributed by atoms with Crippen LogP contribution in [0, 0.1) is 0 Å². The average Bonchev–Trinajstić information content (AvgIpc) is 2.47. The summed E-state index contributed by atoms with van der Waals surface area (Å²) in [6.45, 7) is 12.3. The van der Waals surface area contributed by atoms with Crippen molar-refractivity contribution in [2.45, 2.75) is 65.0 Å². The normalized spacial score (nSPS) is 15.1.